The molecule has 0 aliphatic carbocycles. The van der Waals surface area contributed by atoms with Crippen molar-refractivity contribution in [3.63, 3.8) is 0 Å². The molecule has 1 heterocycles. The molecule has 0 spiro atoms. The fourth-order valence-electron chi connectivity index (χ4n) is 3.70. The van der Waals surface area contributed by atoms with E-state index in [9.17, 15) is 5.11 Å². The highest BCUT2D eigenvalue weighted by molar-refractivity contribution is 5.64. The second-order valence-corrected chi connectivity index (χ2v) is 7.32. The summed E-state index contributed by atoms with van der Waals surface area (Å²) in [7, 11) is 0. The molecular formula is C20H34N2O4. The molecule has 2 rings (SSSR count). The Kier molecular flexibility index (Phi) is 6.55. The lowest BCUT2D eigenvalue weighted by molar-refractivity contribution is -0.339. The lowest BCUT2D eigenvalue weighted by Crippen LogP contribution is -2.70. The first-order chi connectivity index (χ1) is 12.2. The number of hydrogen-bond acceptors (Lipinski definition) is 6. The van der Waals surface area contributed by atoms with Crippen LogP contribution in [0.3, 0.4) is 0 Å². The van der Waals surface area contributed by atoms with Crippen LogP contribution in [0.2, 0.25) is 0 Å². The van der Waals surface area contributed by atoms with Gasteiger partial charge in [0.2, 0.25) is 6.29 Å². The number of rotatable bonds is 8. The summed E-state index contributed by atoms with van der Waals surface area (Å²) in [4.78, 5) is 1.91. The molecule has 1 aromatic carbocycles. The number of aliphatic hydroxyl groups is 1. The zero-order chi connectivity index (χ0) is 19.5. The van der Waals surface area contributed by atoms with Crippen LogP contribution in [0.4, 0.5) is 11.4 Å². The fraction of sp³-hybridized carbons (Fsp3) is 0.700. The first-order valence-corrected chi connectivity index (χ1v) is 9.50. The third kappa shape index (κ3) is 3.69. The molecule has 26 heavy (non-hydrogen) atoms. The van der Waals surface area contributed by atoms with Gasteiger partial charge in [0, 0.05) is 36.7 Å². The molecule has 0 radical (unpaired) electrons. The second-order valence-electron chi connectivity index (χ2n) is 7.32. The predicted molar refractivity (Wildman–Crippen MR) is 104 cm³/mol. The summed E-state index contributed by atoms with van der Waals surface area (Å²) in [5.41, 5.74) is 8.30. The van der Waals surface area contributed by atoms with Crippen LogP contribution in [0.5, 0.6) is 0 Å². The van der Waals surface area contributed by atoms with E-state index in [4.69, 9.17) is 19.9 Å². The summed E-state index contributed by atoms with van der Waals surface area (Å²) >= 11 is 0. The van der Waals surface area contributed by atoms with Gasteiger partial charge in [-0.2, -0.15) is 0 Å². The van der Waals surface area contributed by atoms with Crippen molar-refractivity contribution in [1.29, 1.82) is 0 Å². The third-order valence-electron chi connectivity index (χ3n) is 5.27. The van der Waals surface area contributed by atoms with E-state index in [0.29, 0.717) is 25.5 Å². The normalized spacial score (nSPS) is 21.5. The summed E-state index contributed by atoms with van der Waals surface area (Å²) < 4.78 is 17.4. The van der Waals surface area contributed by atoms with Crippen LogP contribution in [-0.4, -0.2) is 42.7 Å². The van der Waals surface area contributed by atoms with E-state index in [0.717, 1.165) is 17.7 Å². The van der Waals surface area contributed by atoms with E-state index in [1.807, 2.05) is 43.9 Å². The fourth-order valence-corrected chi connectivity index (χ4v) is 3.70. The first-order valence-electron chi connectivity index (χ1n) is 9.50. The van der Waals surface area contributed by atoms with Crippen LogP contribution in [-0.2, 0) is 20.6 Å². The molecule has 0 amide bonds. The standard InChI is InChI=1S/C20H34N2O4/c1-7-24-18(25-8-2)20(23,26-9-3)22-17-11-10-16(21)13-15(17)12-14(4)19(22,5)6/h10-11,13-14,18,23H,7-9,12,21H2,1-6H3. The topological polar surface area (TPSA) is 77.2 Å². The van der Waals surface area contributed by atoms with E-state index >= 15 is 0 Å². The highest BCUT2D eigenvalue weighted by Gasteiger charge is 2.54. The second kappa shape index (κ2) is 8.13. The van der Waals surface area contributed by atoms with Gasteiger partial charge in [0.15, 0.2) is 0 Å². The highest BCUT2D eigenvalue weighted by atomic mass is 16.8. The predicted octanol–water partition coefficient (Wildman–Crippen LogP) is 3.13. The van der Waals surface area contributed by atoms with E-state index < -0.39 is 12.2 Å². The SMILES string of the molecule is CCOC(OCC)C(O)(OCC)N1c2ccc(N)cc2CC(C)C1(C)C. The Hall–Kier alpha value is -1.34. The molecular weight excluding hydrogens is 332 g/mol. The molecule has 0 fully saturated rings. The Morgan fingerprint density at radius 2 is 1.85 bits per heavy atom. The minimum atomic E-state index is -1.76. The molecule has 2 unspecified atom stereocenters. The summed E-state index contributed by atoms with van der Waals surface area (Å²) in [5, 5.41) is 11.7. The van der Waals surface area contributed by atoms with Gasteiger partial charge in [-0.05, 0) is 70.7 Å². The van der Waals surface area contributed by atoms with Gasteiger partial charge in [-0.3, -0.25) is 0 Å². The highest BCUT2D eigenvalue weighted by Crippen LogP contribution is 2.46. The van der Waals surface area contributed by atoms with Gasteiger partial charge in [-0.25, -0.2) is 0 Å². The van der Waals surface area contributed by atoms with Crippen molar-refractivity contribution in [3.8, 4) is 0 Å². The van der Waals surface area contributed by atoms with Gasteiger partial charge < -0.3 is 30.0 Å². The van der Waals surface area contributed by atoms with Crippen molar-refractivity contribution >= 4 is 11.4 Å². The van der Waals surface area contributed by atoms with Crippen molar-refractivity contribution in [2.24, 2.45) is 5.92 Å². The smallest absolute Gasteiger partial charge is 0.303 e. The Morgan fingerprint density at radius 3 is 2.38 bits per heavy atom. The van der Waals surface area contributed by atoms with Gasteiger partial charge in [0.1, 0.15) is 0 Å². The monoisotopic (exact) mass is 366 g/mol. The Morgan fingerprint density at radius 1 is 1.23 bits per heavy atom. The molecule has 1 aliphatic rings. The Balaban J connectivity index is 2.64. The van der Waals surface area contributed by atoms with Gasteiger partial charge >= 0.3 is 5.91 Å². The number of nitrogens with two attached hydrogens (primary N) is 1. The number of benzene rings is 1. The van der Waals surface area contributed by atoms with Crippen molar-refractivity contribution in [3.05, 3.63) is 23.8 Å². The maximum Gasteiger partial charge on any atom is 0.303 e. The number of nitrogen functional groups attached to an aromatic ring is 1. The molecule has 1 aliphatic heterocycles. The molecule has 0 saturated heterocycles. The third-order valence-corrected chi connectivity index (χ3v) is 5.27. The Bertz CT molecular complexity index is 601. The first kappa shape index (κ1) is 21.0. The van der Waals surface area contributed by atoms with Crippen LogP contribution in [0.15, 0.2) is 18.2 Å². The van der Waals surface area contributed by atoms with Crippen molar-refractivity contribution < 1.29 is 19.3 Å². The number of ether oxygens (including phenoxy) is 3. The average molecular weight is 367 g/mol. The van der Waals surface area contributed by atoms with E-state index in [1.165, 1.54) is 0 Å². The van der Waals surface area contributed by atoms with Crippen LogP contribution in [0.25, 0.3) is 0 Å². The molecule has 0 saturated carbocycles. The molecule has 1 aromatic rings. The van der Waals surface area contributed by atoms with E-state index in [-0.39, 0.29) is 11.5 Å². The number of fused-ring (bicyclic) bond motifs is 1. The molecule has 0 aromatic heterocycles. The number of nitrogens with zero attached hydrogens (tertiary/aromatic N) is 1. The molecule has 3 N–H and O–H groups in total. The van der Waals surface area contributed by atoms with Gasteiger partial charge in [0.25, 0.3) is 0 Å². The summed E-state index contributed by atoms with van der Waals surface area (Å²) in [6.07, 6.45) is -0.0626. The van der Waals surface area contributed by atoms with Crippen molar-refractivity contribution in [1.82, 2.24) is 0 Å². The minimum Gasteiger partial charge on any atom is -0.399 e. The summed E-state index contributed by atoms with van der Waals surface area (Å²) in [5.74, 6) is -1.50. The van der Waals surface area contributed by atoms with Gasteiger partial charge in [-0.1, -0.05) is 6.92 Å². The molecule has 6 heteroatoms. The maximum atomic E-state index is 11.7. The maximum absolute atomic E-state index is 11.7. The average Bonchev–Trinajstić information content (AvgIpc) is 2.56. The molecule has 2 atom stereocenters. The van der Waals surface area contributed by atoms with Crippen LogP contribution in [0.1, 0.15) is 47.1 Å². The zero-order valence-electron chi connectivity index (χ0n) is 16.9. The Labute approximate surface area is 157 Å². The lowest BCUT2D eigenvalue weighted by Gasteiger charge is -2.56. The number of anilines is 2. The van der Waals surface area contributed by atoms with Crippen LogP contribution in [0, 0.1) is 5.92 Å². The molecule has 148 valence electrons. The molecule has 0 bridgehead atoms. The van der Waals surface area contributed by atoms with Crippen molar-refractivity contribution in [2.75, 3.05) is 30.5 Å². The zero-order valence-corrected chi connectivity index (χ0v) is 16.9. The van der Waals surface area contributed by atoms with Crippen molar-refractivity contribution in [2.45, 2.75) is 65.7 Å². The summed E-state index contributed by atoms with van der Waals surface area (Å²) in [6.45, 7) is 13.1. The number of hydrogen-bond donors (Lipinski definition) is 2. The van der Waals surface area contributed by atoms with Gasteiger partial charge in [0.05, 0.1) is 0 Å². The van der Waals surface area contributed by atoms with E-state index in [2.05, 4.69) is 20.8 Å². The lowest BCUT2D eigenvalue weighted by atomic mass is 9.77. The van der Waals surface area contributed by atoms with E-state index in [1.54, 1.807) is 0 Å². The minimum absolute atomic E-state index is 0.257. The largest absolute Gasteiger partial charge is 0.399 e. The van der Waals surface area contributed by atoms with Gasteiger partial charge in [-0.15, -0.1) is 0 Å². The summed E-state index contributed by atoms with van der Waals surface area (Å²) in [6, 6.07) is 5.76. The molecule has 6 nitrogen and oxygen atoms in total. The van der Waals surface area contributed by atoms with Crippen LogP contribution < -0.4 is 10.6 Å². The van der Waals surface area contributed by atoms with Crippen LogP contribution >= 0.6 is 0 Å². The quantitative estimate of drug-likeness (QED) is 0.544.